The fourth-order valence-corrected chi connectivity index (χ4v) is 5.93. The summed E-state index contributed by atoms with van der Waals surface area (Å²) in [6.07, 6.45) is 5.35. The van der Waals surface area contributed by atoms with Crippen LogP contribution in [0.15, 0.2) is 41.1 Å². The minimum absolute atomic E-state index is 0.0172. The topological polar surface area (TPSA) is 116 Å². The van der Waals surface area contributed by atoms with Crippen LogP contribution in [0.2, 0.25) is 18.1 Å². The Balaban J connectivity index is 1.24. The molecule has 0 spiro atoms. The van der Waals surface area contributed by atoms with Gasteiger partial charge in [0.2, 0.25) is 5.88 Å². The number of fused-ring (bicyclic) bond motifs is 2. The summed E-state index contributed by atoms with van der Waals surface area (Å²) in [5.41, 5.74) is 1.62. The van der Waals surface area contributed by atoms with E-state index in [1.807, 2.05) is 52.1 Å². The third-order valence-electron chi connectivity index (χ3n) is 8.39. The van der Waals surface area contributed by atoms with Crippen molar-refractivity contribution in [2.75, 3.05) is 25.1 Å². The molecule has 12 heteroatoms. The smallest absolute Gasteiger partial charge is 0.407 e. The van der Waals surface area contributed by atoms with Crippen LogP contribution in [-0.4, -0.2) is 71.9 Å². The molecule has 0 radical (unpaired) electrons. The zero-order valence-electron chi connectivity index (χ0n) is 27.4. The van der Waals surface area contributed by atoms with Gasteiger partial charge in [-0.05, 0) is 63.5 Å². The lowest BCUT2D eigenvalue weighted by molar-refractivity contribution is 0.0352. The van der Waals surface area contributed by atoms with Crippen molar-refractivity contribution < 1.29 is 23.1 Å². The molecule has 0 atom stereocenters. The Hall–Kier alpha value is -3.64. The first-order chi connectivity index (χ1) is 20.6. The molecule has 0 saturated heterocycles. The molecule has 238 valence electrons. The van der Waals surface area contributed by atoms with Crippen molar-refractivity contribution in [1.82, 2.24) is 24.9 Å². The number of amides is 1. The van der Waals surface area contributed by atoms with Gasteiger partial charge in [0.25, 0.3) is 0 Å². The second kappa shape index (κ2) is 12.0. The van der Waals surface area contributed by atoms with E-state index in [0.717, 1.165) is 42.1 Å². The fourth-order valence-electron chi connectivity index (χ4n) is 4.84. The summed E-state index contributed by atoms with van der Waals surface area (Å²) in [7, 11) is 0.279. The maximum absolute atomic E-state index is 12.0. The van der Waals surface area contributed by atoms with E-state index in [2.05, 4.69) is 54.0 Å². The Kier molecular flexibility index (Phi) is 8.69. The van der Waals surface area contributed by atoms with Crippen LogP contribution in [0.1, 0.15) is 60.8 Å². The van der Waals surface area contributed by atoms with Crippen molar-refractivity contribution >= 4 is 36.8 Å². The molecule has 4 heterocycles. The zero-order valence-corrected chi connectivity index (χ0v) is 28.4. The predicted molar refractivity (Wildman–Crippen MR) is 174 cm³/mol. The molecule has 4 aromatic heterocycles. The number of hydrogen-bond acceptors (Lipinski definition) is 9. The van der Waals surface area contributed by atoms with E-state index in [9.17, 15) is 4.79 Å². The molecular formula is C32H46N6O5Si. The molecule has 1 aliphatic carbocycles. The molecule has 1 aliphatic rings. The summed E-state index contributed by atoms with van der Waals surface area (Å²) < 4.78 is 25.8. The molecule has 44 heavy (non-hydrogen) atoms. The van der Waals surface area contributed by atoms with E-state index in [4.69, 9.17) is 23.4 Å². The summed E-state index contributed by atoms with van der Waals surface area (Å²) in [6.45, 7) is 18.4. The first-order valence-electron chi connectivity index (χ1n) is 15.3. The SMILES string of the molecule is CN(CCCO[Si](C)(C)C(C)(C)C)c1nccc2oc(-c3cnc4ccc(OC5CC(NC(=O)OC(C)(C)C)C5)nn34)cc12. The highest BCUT2D eigenvalue weighted by atomic mass is 28.4. The molecule has 5 rings (SSSR count). The summed E-state index contributed by atoms with van der Waals surface area (Å²) in [5, 5.41) is 8.72. The highest BCUT2D eigenvalue weighted by Gasteiger charge is 2.37. The van der Waals surface area contributed by atoms with Gasteiger partial charge < -0.3 is 28.5 Å². The number of anilines is 1. The molecule has 1 amide bonds. The quantitative estimate of drug-likeness (QED) is 0.150. The molecule has 1 N–H and O–H groups in total. The van der Waals surface area contributed by atoms with Crippen LogP contribution < -0.4 is 15.0 Å². The van der Waals surface area contributed by atoms with Crippen molar-refractivity contribution in [2.24, 2.45) is 0 Å². The van der Waals surface area contributed by atoms with Crippen LogP contribution in [0.4, 0.5) is 10.6 Å². The van der Waals surface area contributed by atoms with Crippen molar-refractivity contribution in [3.8, 4) is 17.3 Å². The van der Waals surface area contributed by atoms with Crippen LogP contribution in [0.3, 0.4) is 0 Å². The van der Waals surface area contributed by atoms with Gasteiger partial charge in [-0.1, -0.05) is 20.8 Å². The van der Waals surface area contributed by atoms with Crippen molar-refractivity contribution in [1.29, 1.82) is 0 Å². The molecule has 0 unspecified atom stereocenters. The second-order valence-corrected chi connectivity index (χ2v) is 19.0. The number of nitrogens with one attached hydrogen (secondary N) is 1. The lowest BCUT2D eigenvalue weighted by Gasteiger charge is -2.36. The van der Waals surface area contributed by atoms with E-state index in [1.165, 1.54) is 0 Å². The van der Waals surface area contributed by atoms with E-state index >= 15 is 0 Å². The Morgan fingerprint density at radius 1 is 1.14 bits per heavy atom. The monoisotopic (exact) mass is 622 g/mol. The van der Waals surface area contributed by atoms with Gasteiger partial charge in [-0.3, -0.25) is 0 Å². The van der Waals surface area contributed by atoms with Gasteiger partial charge in [0.1, 0.15) is 28.8 Å². The number of rotatable bonds is 10. The highest BCUT2D eigenvalue weighted by molar-refractivity contribution is 6.74. The first kappa shape index (κ1) is 31.8. The van der Waals surface area contributed by atoms with E-state index in [-0.39, 0.29) is 17.2 Å². The highest BCUT2D eigenvalue weighted by Crippen LogP contribution is 2.37. The summed E-state index contributed by atoms with van der Waals surface area (Å²) in [5.74, 6) is 1.98. The molecule has 4 aromatic rings. The molecule has 0 bridgehead atoms. The molecular weight excluding hydrogens is 576 g/mol. The number of imidazole rings is 1. The van der Waals surface area contributed by atoms with Crippen LogP contribution in [0.5, 0.6) is 5.88 Å². The van der Waals surface area contributed by atoms with Crippen LogP contribution in [-0.2, 0) is 9.16 Å². The number of nitrogens with zero attached hydrogens (tertiary/aromatic N) is 5. The Labute approximate surface area is 260 Å². The van der Waals surface area contributed by atoms with Gasteiger partial charge in [0.15, 0.2) is 19.7 Å². The largest absolute Gasteiger partial charge is 0.473 e. The lowest BCUT2D eigenvalue weighted by Crippen LogP contribution is -2.50. The molecule has 11 nitrogen and oxygen atoms in total. The van der Waals surface area contributed by atoms with Crippen molar-refractivity contribution in [2.45, 2.75) is 96.7 Å². The maximum atomic E-state index is 12.0. The number of ether oxygens (including phenoxy) is 2. The van der Waals surface area contributed by atoms with E-state index < -0.39 is 20.0 Å². The fraction of sp³-hybridized carbons (Fsp3) is 0.562. The first-order valence-corrected chi connectivity index (χ1v) is 18.3. The third-order valence-corrected chi connectivity index (χ3v) is 12.9. The minimum atomic E-state index is -1.77. The van der Waals surface area contributed by atoms with Gasteiger partial charge in [0, 0.05) is 51.3 Å². The third kappa shape index (κ3) is 7.18. The Morgan fingerprint density at radius 3 is 2.59 bits per heavy atom. The average Bonchev–Trinajstić information content (AvgIpc) is 3.51. The molecule has 1 saturated carbocycles. The normalized spacial score (nSPS) is 17.5. The van der Waals surface area contributed by atoms with Gasteiger partial charge in [0.05, 0.1) is 11.6 Å². The van der Waals surface area contributed by atoms with Crippen LogP contribution in [0, 0.1) is 0 Å². The number of hydrogen-bond donors (Lipinski definition) is 1. The Morgan fingerprint density at radius 2 is 1.89 bits per heavy atom. The number of aromatic nitrogens is 4. The summed E-state index contributed by atoms with van der Waals surface area (Å²) >= 11 is 0. The lowest BCUT2D eigenvalue weighted by atomic mass is 9.89. The molecule has 1 fully saturated rings. The van der Waals surface area contributed by atoms with Gasteiger partial charge in [-0.25, -0.2) is 19.3 Å². The van der Waals surface area contributed by atoms with Crippen LogP contribution in [0.25, 0.3) is 28.1 Å². The van der Waals surface area contributed by atoms with Gasteiger partial charge >= 0.3 is 6.09 Å². The van der Waals surface area contributed by atoms with Crippen LogP contribution >= 0.6 is 0 Å². The van der Waals surface area contributed by atoms with Crippen molar-refractivity contribution in [3.05, 3.63) is 36.7 Å². The summed E-state index contributed by atoms with van der Waals surface area (Å²) in [4.78, 5) is 23.4. The standard InChI is InChI=1S/C32H46N6O5Si/c1-31(2,3)43-30(39)35-21-17-22(18-21)41-28-12-11-27-34-20-24(38(27)36-28)26-19-23-25(42-26)13-14-33-29(23)37(7)15-10-16-40-44(8,9)32(4,5)6/h11-14,19-22H,10,15-18H2,1-9H3,(H,35,39). The van der Waals surface area contributed by atoms with E-state index in [0.29, 0.717) is 30.1 Å². The maximum Gasteiger partial charge on any atom is 0.407 e. The Bertz CT molecular complexity index is 1610. The van der Waals surface area contributed by atoms with Gasteiger partial charge in [-0.2, -0.15) is 0 Å². The zero-order chi connectivity index (χ0) is 31.9. The molecule has 0 aromatic carbocycles. The summed E-state index contributed by atoms with van der Waals surface area (Å²) in [6, 6.07) is 7.57. The number of alkyl carbamates (subject to hydrolysis) is 1. The number of furan rings is 1. The number of carbonyl (C=O) groups excluding carboxylic acids is 1. The van der Waals surface area contributed by atoms with Crippen molar-refractivity contribution in [3.63, 3.8) is 0 Å². The van der Waals surface area contributed by atoms with E-state index in [1.54, 1.807) is 16.9 Å². The van der Waals surface area contributed by atoms with Gasteiger partial charge in [-0.15, -0.1) is 5.10 Å². The second-order valence-electron chi connectivity index (χ2n) is 14.2. The number of carbonyl (C=O) groups is 1. The minimum Gasteiger partial charge on any atom is -0.473 e. The number of pyridine rings is 1. The predicted octanol–water partition coefficient (Wildman–Crippen LogP) is 6.82. The molecule has 0 aliphatic heterocycles. The average molecular weight is 623 g/mol.